The van der Waals surface area contributed by atoms with Gasteiger partial charge in [0.05, 0.1) is 11.4 Å². The van der Waals surface area contributed by atoms with Crippen LogP contribution in [-0.2, 0) is 12.8 Å². The molecule has 0 spiro atoms. The highest BCUT2D eigenvalue weighted by Gasteiger charge is 2.31. The van der Waals surface area contributed by atoms with Crippen molar-refractivity contribution < 1.29 is 0 Å². The SMILES string of the molecule is Cc1c(CC(C)(C)SC(C)C)n2c(CC(C)(C)SC(C)C)c(C)c(=O)n2c1=O. The van der Waals surface area contributed by atoms with Crippen LogP contribution in [0.25, 0.3) is 0 Å². The summed E-state index contributed by atoms with van der Waals surface area (Å²) in [6.45, 7) is 21.4. The van der Waals surface area contributed by atoms with Gasteiger partial charge in [0, 0.05) is 33.5 Å². The normalized spacial score (nSPS) is 13.4. The molecule has 2 aromatic heterocycles. The number of hydrogen-bond acceptors (Lipinski definition) is 4. The summed E-state index contributed by atoms with van der Waals surface area (Å²) in [5, 5.41) is 1.00. The summed E-state index contributed by atoms with van der Waals surface area (Å²) in [5.41, 5.74) is 3.01. The van der Waals surface area contributed by atoms with Gasteiger partial charge < -0.3 is 0 Å². The fourth-order valence-corrected chi connectivity index (χ4v) is 7.13. The monoisotopic (exact) mass is 424 g/mol. The van der Waals surface area contributed by atoms with E-state index in [9.17, 15) is 9.59 Å². The van der Waals surface area contributed by atoms with E-state index >= 15 is 0 Å². The van der Waals surface area contributed by atoms with Gasteiger partial charge in [0.15, 0.2) is 0 Å². The summed E-state index contributed by atoms with van der Waals surface area (Å²) in [4.78, 5) is 25.8. The van der Waals surface area contributed by atoms with Gasteiger partial charge in [-0.1, -0.05) is 55.4 Å². The maximum absolute atomic E-state index is 12.9. The first kappa shape index (κ1) is 23.4. The molecule has 0 aliphatic heterocycles. The summed E-state index contributed by atoms with van der Waals surface area (Å²) in [5.74, 6) is 0. The van der Waals surface area contributed by atoms with Gasteiger partial charge in [-0.3, -0.25) is 14.1 Å². The number of thioether (sulfide) groups is 2. The van der Waals surface area contributed by atoms with Crippen molar-refractivity contribution in [3.63, 3.8) is 0 Å². The topological polar surface area (TPSA) is 43.0 Å². The molecule has 2 rings (SSSR count). The standard InChI is InChI=1S/C22H36N2O2S2/c1-13(2)27-21(7,8)11-17-15(5)19(25)24-20(26)16(6)18(23(17)24)12-22(9,10)28-14(3)4/h13-14H,11-12H2,1-10H3. The third-order valence-electron chi connectivity index (χ3n) is 4.90. The lowest BCUT2D eigenvalue weighted by molar-refractivity contribution is 0.620. The molecule has 0 aliphatic rings. The van der Waals surface area contributed by atoms with Gasteiger partial charge in [0.2, 0.25) is 0 Å². The van der Waals surface area contributed by atoms with Crippen LogP contribution in [0.3, 0.4) is 0 Å². The Labute approximate surface area is 177 Å². The highest BCUT2D eigenvalue weighted by Crippen LogP contribution is 2.35. The van der Waals surface area contributed by atoms with E-state index in [2.05, 4.69) is 55.4 Å². The van der Waals surface area contributed by atoms with Gasteiger partial charge in [-0.05, 0) is 24.3 Å². The van der Waals surface area contributed by atoms with Gasteiger partial charge >= 0.3 is 0 Å². The van der Waals surface area contributed by atoms with Crippen LogP contribution in [0.2, 0.25) is 0 Å². The van der Waals surface area contributed by atoms with Crippen molar-refractivity contribution in [1.82, 2.24) is 9.03 Å². The maximum Gasteiger partial charge on any atom is 0.277 e. The Balaban J connectivity index is 2.66. The van der Waals surface area contributed by atoms with E-state index in [0.717, 1.165) is 24.2 Å². The molecule has 0 atom stereocenters. The quantitative estimate of drug-likeness (QED) is 0.614. The minimum atomic E-state index is -0.172. The average Bonchev–Trinajstić information content (AvgIpc) is 2.86. The molecule has 28 heavy (non-hydrogen) atoms. The molecular weight excluding hydrogens is 388 g/mol. The fraction of sp³-hybridized carbons (Fsp3) is 0.727. The average molecular weight is 425 g/mol. The van der Waals surface area contributed by atoms with Crippen LogP contribution < -0.4 is 11.1 Å². The molecule has 2 aromatic rings. The predicted octanol–water partition coefficient (Wildman–Crippen LogP) is 4.74. The van der Waals surface area contributed by atoms with Crippen LogP contribution in [0.1, 0.15) is 77.9 Å². The highest BCUT2D eigenvalue weighted by atomic mass is 32.2. The Kier molecular flexibility index (Phi) is 6.77. The molecular formula is C22H36N2O2S2. The Morgan fingerprint density at radius 1 is 0.714 bits per heavy atom. The molecule has 0 bridgehead atoms. The van der Waals surface area contributed by atoms with Gasteiger partial charge in [-0.2, -0.15) is 28.0 Å². The van der Waals surface area contributed by atoms with Crippen molar-refractivity contribution in [2.45, 2.75) is 102 Å². The van der Waals surface area contributed by atoms with Gasteiger partial charge in [-0.25, -0.2) is 0 Å². The van der Waals surface area contributed by atoms with Crippen molar-refractivity contribution in [1.29, 1.82) is 0 Å². The van der Waals surface area contributed by atoms with Crippen LogP contribution >= 0.6 is 23.5 Å². The Morgan fingerprint density at radius 2 is 1.04 bits per heavy atom. The first-order valence-electron chi connectivity index (χ1n) is 10.1. The van der Waals surface area contributed by atoms with E-state index in [1.807, 2.05) is 41.9 Å². The minimum Gasteiger partial charge on any atom is -0.267 e. The fourth-order valence-electron chi connectivity index (χ4n) is 4.14. The van der Waals surface area contributed by atoms with Crippen LogP contribution in [0.15, 0.2) is 9.59 Å². The van der Waals surface area contributed by atoms with Crippen molar-refractivity contribution in [2.75, 3.05) is 0 Å². The number of fused-ring (bicyclic) bond motifs is 1. The summed E-state index contributed by atoms with van der Waals surface area (Å²) < 4.78 is 3.27. The second-order valence-corrected chi connectivity index (χ2v) is 14.2. The molecule has 0 saturated carbocycles. The lowest BCUT2D eigenvalue weighted by Crippen LogP contribution is -2.25. The van der Waals surface area contributed by atoms with Crippen molar-refractivity contribution in [3.8, 4) is 0 Å². The largest absolute Gasteiger partial charge is 0.277 e. The van der Waals surface area contributed by atoms with Gasteiger partial charge in [0.1, 0.15) is 0 Å². The molecule has 0 aromatic carbocycles. The number of hydrogen-bond donors (Lipinski definition) is 0. The number of nitrogens with zero attached hydrogens (tertiary/aromatic N) is 2. The molecule has 158 valence electrons. The third-order valence-corrected chi connectivity index (χ3v) is 7.41. The Bertz CT molecular complexity index is 878. The van der Waals surface area contributed by atoms with Crippen LogP contribution in [0.4, 0.5) is 0 Å². The molecule has 0 aliphatic carbocycles. The molecule has 2 heterocycles. The minimum absolute atomic E-state index is 0.0199. The van der Waals surface area contributed by atoms with E-state index in [1.165, 1.54) is 4.52 Å². The molecule has 0 unspecified atom stereocenters. The van der Waals surface area contributed by atoms with Gasteiger partial charge in [0.25, 0.3) is 11.1 Å². The second kappa shape index (κ2) is 8.10. The Morgan fingerprint density at radius 3 is 1.32 bits per heavy atom. The number of aromatic nitrogens is 2. The highest BCUT2D eigenvalue weighted by molar-refractivity contribution is 8.01. The summed E-state index contributed by atoms with van der Waals surface area (Å²) >= 11 is 3.82. The van der Waals surface area contributed by atoms with E-state index in [4.69, 9.17) is 0 Å². The zero-order chi connectivity index (χ0) is 21.6. The molecule has 6 heteroatoms. The molecule has 0 saturated heterocycles. The van der Waals surface area contributed by atoms with Crippen molar-refractivity contribution >= 4 is 23.5 Å². The van der Waals surface area contributed by atoms with Crippen LogP contribution in [0.5, 0.6) is 0 Å². The van der Waals surface area contributed by atoms with E-state index in [0.29, 0.717) is 21.6 Å². The molecule has 0 amide bonds. The lowest BCUT2D eigenvalue weighted by Gasteiger charge is -2.28. The molecule has 0 fully saturated rings. The van der Waals surface area contributed by atoms with E-state index in [1.54, 1.807) is 0 Å². The molecule has 0 radical (unpaired) electrons. The maximum atomic E-state index is 12.9. The third kappa shape index (κ3) is 4.81. The van der Waals surface area contributed by atoms with Crippen molar-refractivity contribution in [2.24, 2.45) is 0 Å². The smallest absolute Gasteiger partial charge is 0.267 e. The summed E-state index contributed by atoms with van der Waals surface area (Å²) in [7, 11) is 0. The summed E-state index contributed by atoms with van der Waals surface area (Å²) in [6, 6.07) is 0. The lowest BCUT2D eigenvalue weighted by atomic mass is 10.0. The molecule has 0 N–H and O–H groups in total. The second-order valence-electron chi connectivity index (χ2n) is 9.58. The van der Waals surface area contributed by atoms with E-state index in [-0.39, 0.29) is 20.6 Å². The Hall–Kier alpha value is -0.880. The first-order chi connectivity index (χ1) is 12.7. The predicted molar refractivity (Wildman–Crippen MR) is 125 cm³/mol. The first-order valence-corrected chi connectivity index (χ1v) is 11.9. The van der Waals surface area contributed by atoms with Gasteiger partial charge in [-0.15, -0.1) is 0 Å². The zero-order valence-electron chi connectivity index (χ0n) is 19.1. The molecule has 4 nitrogen and oxygen atoms in total. The van der Waals surface area contributed by atoms with Crippen LogP contribution in [-0.4, -0.2) is 29.0 Å². The van der Waals surface area contributed by atoms with Crippen molar-refractivity contribution in [3.05, 3.63) is 43.2 Å². The summed E-state index contributed by atoms with van der Waals surface area (Å²) in [6.07, 6.45) is 1.51. The van der Waals surface area contributed by atoms with Crippen LogP contribution in [0, 0.1) is 13.8 Å². The van der Waals surface area contributed by atoms with E-state index < -0.39 is 0 Å². The number of rotatable bonds is 8. The zero-order valence-corrected chi connectivity index (χ0v) is 20.7.